The van der Waals surface area contributed by atoms with Crippen LogP contribution in [0.2, 0.25) is 0 Å². The molecule has 10 aromatic rings. The molecule has 0 saturated heterocycles. The summed E-state index contributed by atoms with van der Waals surface area (Å²) in [6, 6.07) is 89.1. The first-order valence-corrected chi connectivity index (χ1v) is 21.1. The molecule has 0 aliphatic heterocycles. The topological polar surface area (TPSA) is 6.48 Å². The molecule has 0 atom stereocenters. The van der Waals surface area contributed by atoms with Crippen LogP contribution >= 0.6 is 0 Å². The smallest absolute Gasteiger partial charge is 0.0727 e. The Bertz CT molecular complexity index is 3150. The van der Waals surface area contributed by atoms with E-state index in [1.807, 2.05) is 0 Å². The molecular weight excluding hydrogens is 737 g/mol. The second kappa shape index (κ2) is 14.1. The fraction of sp³-hybridized carbons (Fsp3) is 0.0169. The number of hydrogen-bond acceptors (Lipinski definition) is 2. The zero-order chi connectivity index (χ0) is 40.3. The van der Waals surface area contributed by atoms with Crippen molar-refractivity contribution in [2.45, 2.75) is 5.41 Å². The van der Waals surface area contributed by atoms with Crippen LogP contribution in [0.15, 0.2) is 243 Å². The van der Waals surface area contributed by atoms with Crippen LogP contribution in [0.25, 0.3) is 44.2 Å². The highest BCUT2D eigenvalue weighted by Crippen LogP contribution is 2.66. The van der Waals surface area contributed by atoms with E-state index in [-0.39, 0.29) is 0 Å². The number of benzene rings is 10. The first-order chi connectivity index (χ1) is 30.3. The average Bonchev–Trinajstić information content (AvgIpc) is 3.81. The molecule has 0 heterocycles. The molecule has 12 rings (SSSR count). The Kier molecular flexibility index (Phi) is 8.11. The zero-order valence-electron chi connectivity index (χ0n) is 33.5. The van der Waals surface area contributed by atoms with Crippen molar-refractivity contribution >= 4 is 44.9 Å². The van der Waals surface area contributed by atoms with Gasteiger partial charge in [0.15, 0.2) is 0 Å². The summed E-state index contributed by atoms with van der Waals surface area (Å²) < 4.78 is 0. The van der Waals surface area contributed by atoms with Crippen molar-refractivity contribution in [3.8, 4) is 33.4 Å². The van der Waals surface area contributed by atoms with Gasteiger partial charge in [-0.25, -0.2) is 0 Å². The quantitative estimate of drug-likeness (QED) is 0.159. The molecule has 286 valence electrons. The molecular formula is C59H40N2. The number of para-hydroxylation sites is 3. The van der Waals surface area contributed by atoms with Gasteiger partial charge in [0.05, 0.1) is 11.1 Å². The van der Waals surface area contributed by atoms with Crippen LogP contribution in [0.4, 0.5) is 34.1 Å². The summed E-state index contributed by atoms with van der Waals surface area (Å²) in [5.74, 6) is 0. The highest BCUT2D eigenvalue weighted by molar-refractivity contribution is 6.11. The minimum atomic E-state index is -0.578. The fourth-order valence-corrected chi connectivity index (χ4v) is 10.3. The third-order valence-corrected chi connectivity index (χ3v) is 12.8. The molecule has 61 heavy (non-hydrogen) atoms. The van der Waals surface area contributed by atoms with Crippen LogP contribution in [0.3, 0.4) is 0 Å². The molecule has 2 aliphatic rings. The Morgan fingerprint density at radius 3 is 1.36 bits per heavy atom. The molecule has 0 unspecified atom stereocenters. The minimum absolute atomic E-state index is 0.578. The second-order valence-corrected chi connectivity index (χ2v) is 16.0. The molecule has 10 aromatic carbocycles. The van der Waals surface area contributed by atoms with Crippen molar-refractivity contribution in [3.63, 3.8) is 0 Å². The van der Waals surface area contributed by atoms with Crippen LogP contribution in [-0.4, -0.2) is 0 Å². The van der Waals surface area contributed by atoms with Gasteiger partial charge in [-0.1, -0.05) is 182 Å². The van der Waals surface area contributed by atoms with Gasteiger partial charge < -0.3 is 9.80 Å². The summed E-state index contributed by atoms with van der Waals surface area (Å²) in [7, 11) is 0. The van der Waals surface area contributed by atoms with Crippen LogP contribution in [0.1, 0.15) is 22.3 Å². The average molecular weight is 777 g/mol. The summed E-state index contributed by atoms with van der Waals surface area (Å²) in [5.41, 5.74) is 18.7. The van der Waals surface area contributed by atoms with Gasteiger partial charge in [-0.15, -0.1) is 0 Å². The number of rotatable bonds is 7. The Morgan fingerprint density at radius 2 is 0.754 bits per heavy atom. The third-order valence-electron chi connectivity index (χ3n) is 12.8. The van der Waals surface area contributed by atoms with E-state index in [2.05, 4.69) is 252 Å². The first-order valence-electron chi connectivity index (χ1n) is 21.1. The standard InChI is InChI=1S/C59H40N2/c1-5-19-41(20-6-1)42-33-36-47(37-34-42)61(46-26-11-4-12-27-46)56-40-48(60(44-22-7-2-8-23-44)45-24-9-3-10-25-45)39-55-58(56)57-49-28-14-13-21-43(49)35-38-54(57)59(55)52-31-17-15-29-50(52)51-30-16-18-32-53(51)59/h1-40H. The van der Waals surface area contributed by atoms with E-state index in [9.17, 15) is 0 Å². The lowest BCUT2D eigenvalue weighted by Crippen LogP contribution is -2.26. The normalized spacial score (nSPS) is 12.7. The lowest BCUT2D eigenvalue weighted by molar-refractivity contribution is 0.794. The minimum Gasteiger partial charge on any atom is -0.310 e. The van der Waals surface area contributed by atoms with E-state index in [0.29, 0.717) is 0 Å². The third kappa shape index (κ3) is 5.36. The first kappa shape index (κ1) is 35.0. The van der Waals surface area contributed by atoms with Gasteiger partial charge in [-0.05, 0) is 122 Å². The Balaban J connectivity index is 1.25. The van der Waals surface area contributed by atoms with Crippen molar-refractivity contribution in [3.05, 3.63) is 265 Å². The van der Waals surface area contributed by atoms with Crippen molar-refractivity contribution in [2.75, 3.05) is 9.80 Å². The maximum atomic E-state index is 2.51. The van der Waals surface area contributed by atoms with Crippen molar-refractivity contribution < 1.29 is 0 Å². The molecule has 0 bridgehead atoms. The van der Waals surface area contributed by atoms with E-state index in [4.69, 9.17) is 0 Å². The summed E-state index contributed by atoms with van der Waals surface area (Å²) in [5, 5.41) is 2.48. The molecule has 2 aliphatic carbocycles. The predicted molar refractivity (Wildman–Crippen MR) is 255 cm³/mol. The van der Waals surface area contributed by atoms with E-state index in [0.717, 1.165) is 34.1 Å². The number of fused-ring (bicyclic) bond motifs is 12. The monoisotopic (exact) mass is 776 g/mol. The van der Waals surface area contributed by atoms with Crippen LogP contribution in [0.5, 0.6) is 0 Å². The highest BCUT2D eigenvalue weighted by atomic mass is 15.2. The lowest BCUT2D eigenvalue weighted by atomic mass is 9.70. The summed E-state index contributed by atoms with van der Waals surface area (Å²) in [4.78, 5) is 4.91. The Morgan fingerprint density at radius 1 is 0.279 bits per heavy atom. The van der Waals surface area contributed by atoms with Gasteiger partial charge in [0.1, 0.15) is 0 Å². The zero-order valence-corrected chi connectivity index (χ0v) is 33.5. The van der Waals surface area contributed by atoms with E-state index >= 15 is 0 Å². The molecule has 0 aromatic heterocycles. The van der Waals surface area contributed by atoms with Gasteiger partial charge in [-0.2, -0.15) is 0 Å². The predicted octanol–water partition coefficient (Wildman–Crippen LogP) is 15.8. The highest BCUT2D eigenvalue weighted by Gasteiger charge is 2.53. The second-order valence-electron chi connectivity index (χ2n) is 16.0. The van der Waals surface area contributed by atoms with E-state index in [1.165, 1.54) is 66.4 Å². The van der Waals surface area contributed by atoms with Crippen molar-refractivity contribution in [1.29, 1.82) is 0 Å². The van der Waals surface area contributed by atoms with E-state index < -0.39 is 5.41 Å². The van der Waals surface area contributed by atoms with Crippen molar-refractivity contribution in [1.82, 2.24) is 0 Å². The van der Waals surface area contributed by atoms with E-state index in [1.54, 1.807) is 0 Å². The molecule has 0 amide bonds. The lowest BCUT2D eigenvalue weighted by Gasteiger charge is -2.34. The van der Waals surface area contributed by atoms with Gasteiger partial charge in [-0.3, -0.25) is 0 Å². The van der Waals surface area contributed by atoms with Gasteiger partial charge in [0.25, 0.3) is 0 Å². The van der Waals surface area contributed by atoms with Crippen molar-refractivity contribution in [2.24, 2.45) is 0 Å². The maximum Gasteiger partial charge on any atom is 0.0727 e. The molecule has 0 saturated carbocycles. The molecule has 2 nitrogen and oxygen atoms in total. The van der Waals surface area contributed by atoms with Crippen LogP contribution in [0, 0.1) is 0 Å². The number of anilines is 6. The largest absolute Gasteiger partial charge is 0.310 e. The Labute approximate surface area is 356 Å². The summed E-state index contributed by atoms with van der Waals surface area (Å²) in [6.07, 6.45) is 0. The molecule has 2 heteroatoms. The number of hydrogen-bond donors (Lipinski definition) is 0. The maximum absolute atomic E-state index is 2.51. The van der Waals surface area contributed by atoms with Gasteiger partial charge in [0.2, 0.25) is 0 Å². The van der Waals surface area contributed by atoms with Gasteiger partial charge >= 0.3 is 0 Å². The fourth-order valence-electron chi connectivity index (χ4n) is 10.3. The van der Waals surface area contributed by atoms with Crippen LogP contribution < -0.4 is 9.80 Å². The molecule has 0 N–H and O–H groups in total. The Hall–Kier alpha value is -7.94. The SMILES string of the molecule is c1ccc(-c2ccc(N(c3ccccc3)c3cc(N(c4ccccc4)c4ccccc4)cc4c3-c3c(ccc5ccccc35)C43c4ccccc4-c4ccccc43)cc2)cc1. The molecule has 0 radical (unpaired) electrons. The van der Waals surface area contributed by atoms with Gasteiger partial charge in [0, 0.05) is 34.0 Å². The summed E-state index contributed by atoms with van der Waals surface area (Å²) in [6.45, 7) is 0. The van der Waals surface area contributed by atoms with Crippen LogP contribution in [-0.2, 0) is 5.41 Å². The number of nitrogens with zero attached hydrogens (tertiary/aromatic N) is 2. The molecule has 0 fully saturated rings. The molecule has 1 spiro atoms. The summed E-state index contributed by atoms with van der Waals surface area (Å²) >= 11 is 0.